The summed E-state index contributed by atoms with van der Waals surface area (Å²) in [7, 11) is 0. The molecule has 0 aliphatic heterocycles. The number of hydrogen-bond donors (Lipinski definition) is 2. The summed E-state index contributed by atoms with van der Waals surface area (Å²) in [4.78, 5) is 4.09. The highest BCUT2D eigenvalue weighted by Crippen LogP contribution is 2.20. The van der Waals surface area contributed by atoms with Gasteiger partial charge < -0.3 is 10.9 Å². The van der Waals surface area contributed by atoms with Crippen molar-refractivity contribution in [3.8, 4) is 5.69 Å². The van der Waals surface area contributed by atoms with Crippen LogP contribution < -0.4 is 5.73 Å². The third-order valence-corrected chi connectivity index (χ3v) is 3.21. The quantitative estimate of drug-likeness (QED) is 0.379. The largest absolute Gasteiger partial charge is 0.409 e. The van der Waals surface area contributed by atoms with Crippen LogP contribution in [0.15, 0.2) is 23.6 Å². The molecule has 0 amide bonds. The highest BCUT2D eigenvalue weighted by Gasteiger charge is 2.15. The summed E-state index contributed by atoms with van der Waals surface area (Å²) in [5.41, 5.74) is 10.2. The standard InChI is InChI=1S/C13H17N5O/c1-4-10-8(2)16-18(9(10)3)12-7-15-6-5-11(12)13(14)17-19/h5-7,19H,4H2,1-3H3,(H2,14,17). The average molecular weight is 259 g/mol. The van der Waals surface area contributed by atoms with Crippen molar-refractivity contribution in [1.82, 2.24) is 14.8 Å². The molecule has 2 rings (SSSR count). The van der Waals surface area contributed by atoms with Crippen LogP contribution in [0, 0.1) is 13.8 Å². The maximum atomic E-state index is 8.85. The molecular weight excluding hydrogens is 242 g/mol. The molecule has 0 aromatic carbocycles. The number of rotatable bonds is 3. The molecule has 19 heavy (non-hydrogen) atoms. The van der Waals surface area contributed by atoms with Crippen molar-refractivity contribution < 1.29 is 5.21 Å². The van der Waals surface area contributed by atoms with Gasteiger partial charge in [-0.05, 0) is 31.9 Å². The van der Waals surface area contributed by atoms with Gasteiger partial charge >= 0.3 is 0 Å². The van der Waals surface area contributed by atoms with Gasteiger partial charge in [0.05, 0.1) is 17.6 Å². The predicted octanol–water partition coefficient (Wildman–Crippen LogP) is 1.54. The average Bonchev–Trinajstić information content (AvgIpc) is 2.72. The van der Waals surface area contributed by atoms with Crippen LogP contribution in [0.1, 0.15) is 29.4 Å². The zero-order valence-electron chi connectivity index (χ0n) is 11.3. The normalized spacial score (nSPS) is 11.8. The van der Waals surface area contributed by atoms with Gasteiger partial charge in [-0.25, -0.2) is 4.68 Å². The van der Waals surface area contributed by atoms with Crippen LogP contribution in [0.3, 0.4) is 0 Å². The molecule has 0 radical (unpaired) electrons. The first-order valence-electron chi connectivity index (χ1n) is 6.07. The number of aryl methyl sites for hydroxylation is 1. The first kappa shape index (κ1) is 13.1. The van der Waals surface area contributed by atoms with E-state index in [9.17, 15) is 0 Å². The van der Waals surface area contributed by atoms with Crippen LogP contribution >= 0.6 is 0 Å². The van der Waals surface area contributed by atoms with Crippen molar-refractivity contribution in [2.45, 2.75) is 27.2 Å². The molecule has 0 atom stereocenters. The minimum Gasteiger partial charge on any atom is -0.409 e. The predicted molar refractivity (Wildman–Crippen MR) is 72.7 cm³/mol. The van der Waals surface area contributed by atoms with Crippen molar-refractivity contribution in [2.75, 3.05) is 0 Å². The van der Waals surface area contributed by atoms with E-state index in [0.717, 1.165) is 17.8 Å². The third-order valence-electron chi connectivity index (χ3n) is 3.21. The van der Waals surface area contributed by atoms with E-state index in [-0.39, 0.29) is 5.84 Å². The summed E-state index contributed by atoms with van der Waals surface area (Å²) < 4.78 is 1.79. The maximum absolute atomic E-state index is 8.85. The Labute approximate surface area is 111 Å². The Bertz CT molecular complexity index is 630. The summed E-state index contributed by atoms with van der Waals surface area (Å²) in [6.07, 6.45) is 4.17. The number of nitrogens with two attached hydrogens (primary N) is 1. The second kappa shape index (κ2) is 5.09. The molecule has 0 saturated carbocycles. The summed E-state index contributed by atoms with van der Waals surface area (Å²) in [6.45, 7) is 6.07. The van der Waals surface area contributed by atoms with Crippen LogP contribution in [0.2, 0.25) is 0 Å². The fourth-order valence-electron chi connectivity index (χ4n) is 2.25. The Hall–Kier alpha value is -2.37. The Balaban J connectivity index is 2.66. The highest BCUT2D eigenvalue weighted by atomic mass is 16.4. The van der Waals surface area contributed by atoms with Crippen LogP contribution in [0.5, 0.6) is 0 Å². The second-order valence-electron chi connectivity index (χ2n) is 4.29. The summed E-state index contributed by atoms with van der Waals surface area (Å²) in [6, 6.07) is 1.70. The number of pyridine rings is 1. The van der Waals surface area contributed by atoms with Gasteiger partial charge in [0.15, 0.2) is 5.84 Å². The Morgan fingerprint density at radius 2 is 2.21 bits per heavy atom. The number of hydrogen-bond acceptors (Lipinski definition) is 4. The van der Waals surface area contributed by atoms with Gasteiger partial charge in [0.2, 0.25) is 0 Å². The number of amidine groups is 1. The lowest BCUT2D eigenvalue weighted by molar-refractivity contribution is 0.318. The number of aromatic nitrogens is 3. The van der Waals surface area contributed by atoms with Gasteiger partial charge in [-0.15, -0.1) is 0 Å². The SMILES string of the molecule is CCc1c(C)nn(-c2cnccc2/C(N)=N/O)c1C. The van der Waals surface area contributed by atoms with E-state index in [1.54, 1.807) is 23.1 Å². The van der Waals surface area contributed by atoms with E-state index >= 15 is 0 Å². The number of oxime groups is 1. The van der Waals surface area contributed by atoms with Crippen LogP contribution in [0.25, 0.3) is 5.69 Å². The topological polar surface area (TPSA) is 89.3 Å². The van der Waals surface area contributed by atoms with E-state index < -0.39 is 0 Å². The molecule has 2 aromatic rings. The van der Waals surface area contributed by atoms with Gasteiger partial charge in [-0.2, -0.15) is 5.10 Å². The van der Waals surface area contributed by atoms with Crippen molar-refractivity contribution >= 4 is 5.84 Å². The lowest BCUT2D eigenvalue weighted by Crippen LogP contribution is -2.17. The van der Waals surface area contributed by atoms with Crippen LogP contribution in [-0.2, 0) is 6.42 Å². The lowest BCUT2D eigenvalue weighted by Gasteiger charge is -2.09. The van der Waals surface area contributed by atoms with Gasteiger partial charge in [0.25, 0.3) is 0 Å². The molecule has 0 aliphatic carbocycles. The molecular formula is C13H17N5O. The van der Waals surface area contributed by atoms with Gasteiger partial charge in [0.1, 0.15) is 0 Å². The summed E-state index contributed by atoms with van der Waals surface area (Å²) >= 11 is 0. The molecule has 2 heterocycles. The molecule has 0 bridgehead atoms. The van der Waals surface area contributed by atoms with Crippen molar-refractivity contribution in [1.29, 1.82) is 0 Å². The van der Waals surface area contributed by atoms with E-state index in [4.69, 9.17) is 10.9 Å². The van der Waals surface area contributed by atoms with Crippen molar-refractivity contribution in [3.05, 3.63) is 41.0 Å². The van der Waals surface area contributed by atoms with Crippen molar-refractivity contribution in [2.24, 2.45) is 10.9 Å². The molecule has 0 spiro atoms. The van der Waals surface area contributed by atoms with E-state index in [1.807, 2.05) is 13.8 Å². The maximum Gasteiger partial charge on any atom is 0.172 e. The van der Waals surface area contributed by atoms with Gasteiger partial charge in [-0.3, -0.25) is 4.98 Å². The first-order chi connectivity index (χ1) is 9.10. The molecule has 0 fully saturated rings. The lowest BCUT2D eigenvalue weighted by atomic mass is 10.1. The summed E-state index contributed by atoms with van der Waals surface area (Å²) in [5.74, 6) is 0.0444. The van der Waals surface area contributed by atoms with E-state index in [0.29, 0.717) is 11.3 Å². The molecule has 3 N–H and O–H groups in total. The van der Waals surface area contributed by atoms with Gasteiger partial charge in [-0.1, -0.05) is 12.1 Å². The zero-order chi connectivity index (χ0) is 14.0. The first-order valence-corrected chi connectivity index (χ1v) is 6.07. The van der Waals surface area contributed by atoms with Crippen LogP contribution in [-0.4, -0.2) is 25.8 Å². The fraction of sp³-hybridized carbons (Fsp3) is 0.308. The molecule has 6 nitrogen and oxygen atoms in total. The minimum absolute atomic E-state index is 0.0444. The molecule has 6 heteroatoms. The fourth-order valence-corrected chi connectivity index (χ4v) is 2.25. The van der Waals surface area contributed by atoms with E-state index in [2.05, 4.69) is 22.2 Å². The van der Waals surface area contributed by atoms with Crippen LogP contribution in [0.4, 0.5) is 0 Å². The summed E-state index contributed by atoms with van der Waals surface area (Å²) in [5, 5.41) is 16.4. The third kappa shape index (κ3) is 2.16. The van der Waals surface area contributed by atoms with Gasteiger partial charge in [0, 0.05) is 17.5 Å². The Morgan fingerprint density at radius 1 is 1.47 bits per heavy atom. The second-order valence-corrected chi connectivity index (χ2v) is 4.29. The zero-order valence-corrected chi connectivity index (χ0v) is 11.3. The molecule has 0 aliphatic rings. The van der Waals surface area contributed by atoms with Crippen molar-refractivity contribution in [3.63, 3.8) is 0 Å². The molecule has 100 valence electrons. The minimum atomic E-state index is 0.0444. The molecule has 2 aromatic heterocycles. The monoisotopic (exact) mass is 259 g/mol. The smallest absolute Gasteiger partial charge is 0.172 e. The highest BCUT2D eigenvalue weighted by molar-refractivity contribution is 6.00. The van der Waals surface area contributed by atoms with E-state index in [1.165, 1.54) is 5.56 Å². The molecule has 0 unspecified atom stereocenters. The molecule has 0 saturated heterocycles. The number of nitrogens with zero attached hydrogens (tertiary/aromatic N) is 4. The Morgan fingerprint density at radius 3 is 2.79 bits per heavy atom. The Kier molecular flexibility index (Phi) is 3.50.